The molecule has 2 rings (SSSR count). The van der Waals surface area contributed by atoms with Crippen LogP contribution in [0.5, 0.6) is 5.75 Å². The summed E-state index contributed by atoms with van der Waals surface area (Å²) in [4.78, 5) is 27.7. The van der Waals surface area contributed by atoms with Crippen LogP contribution < -0.4 is 10.1 Å². The van der Waals surface area contributed by atoms with Crippen molar-refractivity contribution in [2.75, 3.05) is 18.1 Å². The van der Waals surface area contributed by atoms with Crippen molar-refractivity contribution in [2.24, 2.45) is 5.11 Å². The highest BCUT2D eigenvalue weighted by Gasteiger charge is 2.47. The topological polar surface area (TPSA) is 172 Å². The van der Waals surface area contributed by atoms with Gasteiger partial charge in [-0.15, -0.1) is 0 Å². The van der Waals surface area contributed by atoms with Crippen LogP contribution >= 0.6 is 22.6 Å². The van der Waals surface area contributed by atoms with Crippen molar-refractivity contribution in [2.45, 2.75) is 57.0 Å². The van der Waals surface area contributed by atoms with Gasteiger partial charge in [0.15, 0.2) is 0 Å². The summed E-state index contributed by atoms with van der Waals surface area (Å²) in [5.41, 5.74) is 8.36. The first-order valence-corrected chi connectivity index (χ1v) is 12.1. The molecule has 0 aromatic heterocycles. The fourth-order valence-corrected chi connectivity index (χ4v) is 3.34. The fourth-order valence-electron chi connectivity index (χ4n) is 3.12. The van der Waals surface area contributed by atoms with Crippen LogP contribution in [-0.4, -0.2) is 76.4 Å². The monoisotopic (exact) mass is 604 g/mol. The Labute approximate surface area is 216 Å². The van der Waals surface area contributed by atoms with Gasteiger partial charge in [0, 0.05) is 4.91 Å². The Bertz CT molecular complexity index is 959. The first-order valence-electron chi connectivity index (χ1n) is 10.6. The highest BCUT2D eigenvalue weighted by molar-refractivity contribution is 14.1. The zero-order valence-electron chi connectivity index (χ0n) is 19.8. The van der Waals surface area contributed by atoms with Crippen molar-refractivity contribution in [1.29, 1.82) is 0 Å². The van der Waals surface area contributed by atoms with E-state index in [0.717, 1.165) is 0 Å². The fraction of sp³-hybridized carbons (Fsp3) is 0.545. The molecule has 1 aliphatic heterocycles. The quantitative estimate of drug-likeness (QED) is 0.0562. The molecule has 1 aromatic carbocycles. The second-order valence-electron chi connectivity index (χ2n) is 8.57. The molecular formula is C22H29IN4O8. The van der Waals surface area contributed by atoms with Gasteiger partial charge in [-0.2, -0.15) is 0 Å². The number of nitrogens with one attached hydrogen (secondary N) is 1. The summed E-state index contributed by atoms with van der Waals surface area (Å²) in [6, 6.07) is 5.51. The number of carbonyl (C=O) groups excluding carboxylic acids is 2. The van der Waals surface area contributed by atoms with Gasteiger partial charge in [0.1, 0.15) is 29.6 Å². The van der Waals surface area contributed by atoms with E-state index < -0.39 is 48.1 Å². The Kier molecular flexibility index (Phi) is 10.6. The van der Waals surface area contributed by atoms with Crippen molar-refractivity contribution in [3.63, 3.8) is 0 Å². The van der Waals surface area contributed by atoms with E-state index in [1.807, 2.05) is 22.6 Å². The summed E-state index contributed by atoms with van der Waals surface area (Å²) in [6.07, 6.45) is -4.19. The van der Waals surface area contributed by atoms with E-state index in [1.54, 1.807) is 45.0 Å². The van der Waals surface area contributed by atoms with Crippen molar-refractivity contribution in [1.82, 2.24) is 5.32 Å². The Hall–Kier alpha value is -2.58. The summed E-state index contributed by atoms with van der Waals surface area (Å²) >= 11 is 1.83. The number of ether oxygens (including phenoxy) is 4. The summed E-state index contributed by atoms with van der Waals surface area (Å²) in [5.74, 6) is -0.930. The number of alkyl halides is 1. The van der Waals surface area contributed by atoms with E-state index in [9.17, 15) is 19.8 Å². The smallest absolute Gasteiger partial charge is 0.374 e. The zero-order valence-corrected chi connectivity index (χ0v) is 21.9. The lowest BCUT2D eigenvalue weighted by Crippen LogP contribution is -2.64. The predicted molar refractivity (Wildman–Crippen MR) is 133 cm³/mol. The van der Waals surface area contributed by atoms with E-state index in [1.165, 1.54) is 13.2 Å². The molecule has 12 nitrogen and oxygen atoms in total. The lowest BCUT2D eigenvalue weighted by atomic mass is 9.96. The molecule has 0 saturated carbocycles. The third-order valence-electron chi connectivity index (χ3n) is 4.73. The molecule has 192 valence electrons. The van der Waals surface area contributed by atoms with E-state index in [2.05, 4.69) is 15.3 Å². The molecule has 0 unspecified atom stereocenters. The molecule has 0 radical (unpaired) electrons. The molecular weight excluding hydrogens is 575 g/mol. The van der Waals surface area contributed by atoms with Crippen LogP contribution in [0.15, 0.2) is 35.1 Å². The molecule has 1 aliphatic rings. The maximum absolute atomic E-state index is 13.0. The van der Waals surface area contributed by atoms with Gasteiger partial charge in [-0.25, -0.2) is 4.79 Å². The van der Waals surface area contributed by atoms with Gasteiger partial charge in [0.25, 0.3) is 0 Å². The van der Waals surface area contributed by atoms with Gasteiger partial charge in [-0.1, -0.05) is 39.8 Å². The highest BCUT2D eigenvalue weighted by atomic mass is 127. The van der Waals surface area contributed by atoms with Crippen LogP contribution in [0.4, 0.5) is 0 Å². The third kappa shape index (κ3) is 8.54. The summed E-state index contributed by atoms with van der Waals surface area (Å²) in [6.45, 7) is 4.75. The first-order chi connectivity index (χ1) is 16.5. The number of nitrogens with zero attached hydrogens (tertiary/aromatic N) is 3. The van der Waals surface area contributed by atoms with Gasteiger partial charge < -0.3 is 34.5 Å². The molecule has 1 saturated heterocycles. The zero-order chi connectivity index (χ0) is 26.2. The molecule has 0 bridgehead atoms. The van der Waals surface area contributed by atoms with Crippen molar-refractivity contribution >= 4 is 40.5 Å². The van der Waals surface area contributed by atoms with Crippen molar-refractivity contribution in [3.8, 4) is 5.75 Å². The lowest BCUT2D eigenvalue weighted by molar-refractivity contribution is -0.251. The molecule has 3 N–H and O–H groups in total. The van der Waals surface area contributed by atoms with E-state index in [0.29, 0.717) is 11.3 Å². The minimum absolute atomic E-state index is 0.0621. The number of azide groups is 1. The Morgan fingerprint density at radius 2 is 1.91 bits per heavy atom. The summed E-state index contributed by atoms with van der Waals surface area (Å²) in [7, 11) is 1.53. The van der Waals surface area contributed by atoms with Crippen LogP contribution in [0, 0.1) is 0 Å². The van der Waals surface area contributed by atoms with Crippen LogP contribution in [0.1, 0.15) is 26.3 Å². The number of aliphatic hydroxyl groups is 2. The minimum Gasteiger partial charge on any atom is -0.497 e. The van der Waals surface area contributed by atoms with Gasteiger partial charge in [-0.3, -0.25) is 4.79 Å². The standard InChI is InChI=1S/C22H29IN4O8/c1-22(2,3)35-20(31)14(9-12-5-7-13(32-4)8-6-12)33-21-17(26-16(28)10-23)19(30)18(29)15(34-21)11-25-27-24/h5-9,15,17-19,21,29-30H,10-11H2,1-4H3,(H,26,28)/b14-9-/t15-,17-,18+,19-,21-/m1/s1. The Morgan fingerprint density at radius 3 is 2.46 bits per heavy atom. The number of halogens is 1. The normalized spacial score (nSPS) is 24.7. The number of amides is 1. The molecule has 13 heteroatoms. The Balaban J connectivity index is 2.45. The minimum atomic E-state index is -1.54. The second-order valence-corrected chi connectivity index (χ2v) is 9.33. The van der Waals surface area contributed by atoms with Gasteiger partial charge in [-0.05, 0) is 50.1 Å². The number of esters is 1. The number of hydrogen-bond donors (Lipinski definition) is 3. The average Bonchev–Trinajstić information content (AvgIpc) is 2.81. The molecule has 35 heavy (non-hydrogen) atoms. The van der Waals surface area contributed by atoms with Gasteiger partial charge in [0.05, 0.1) is 24.2 Å². The first kappa shape index (κ1) is 28.7. The molecule has 5 atom stereocenters. The molecule has 0 spiro atoms. The third-order valence-corrected chi connectivity index (χ3v) is 5.42. The van der Waals surface area contributed by atoms with Crippen LogP contribution in [-0.2, 0) is 23.8 Å². The predicted octanol–water partition coefficient (Wildman–Crippen LogP) is 2.07. The lowest BCUT2D eigenvalue weighted by Gasteiger charge is -2.42. The molecule has 0 aliphatic carbocycles. The second kappa shape index (κ2) is 12.9. The maximum Gasteiger partial charge on any atom is 0.374 e. The van der Waals surface area contributed by atoms with E-state index in [-0.39, 0.29) is 16.7 Å². The summed E-state index contributed by atoms with van der Waals surface area (Å²) in [5, 5.41) is 27.1. The van der Waals surface area contributed by atoms with Crippen molar-refractivity contribution < 1.29 is 38.7 Å². The van der Waals surface area contributed by atoms with Crippen LogP contribution in [0.3, 0.4) is 0 Å². The average molecular weight is 604 g/mol. The molecule has 1 heterocycles. The van der Waals surface area contributed by atoms with Crippen LogP contribution in [0.2, 0.25) is 0 Å². The summed E-state index contributed by atoms with van der Waals surface area (Å²) < 4.78 is 22.3. The van der Waals surface area contributed by atoms with Crippen LogP contribution in [0.25, 0.3) is 16.5 Å². The van der Waals surface area contributed by atoms with Gasteiger partial charge in [0.2, 0.25) is 18.0 Å². The molecule has 1 amide bonds. The van der Waals surface area contributed by atoms with E-state index >= 15 is 0 Å². The number of benzene rings is 1. The highest BCUT2D eigenvalue weighted by Crippen LogP contribution is 2.27. The van der Waals surface area contributed by atoms with Gasteiger partial charge >= 0.3 is 5.97 Å². The maximum atomic E-state index is 13.0. The molecule has 1 aromatic rings. The number of carbonyl (C=O) groups is 2. The number of aliphatic hydroxyl groups excluding tert-OH is 2. The Morgan fingerprint density at radius 1 is 1.26 bits per heavy atom. The van der Waals surface area contributed by atoms with E-state index in [4.69, 9.17) is 24.5 Å². The largest absolute Gasteiger partial charge is 0.497 e. The number of methoxy groups -OCH3 is 1. The number of hydrogen-bond acceptors (Lipinski definition) is 9. The SMILES string of the molecule is COc1ccc(/C=C(\O[C@@H]2O[C@H](CN=[N+]=[N-])[C@H](O)[C@H](O)[C@H]2NC(=O)CI)C(=O)OC(C)(C)C)cc1. The van der Waals surface area contributed by atoms with Crippen molar-refractivity contribution in [3.05, 3.63) is 46.0 Å². The number of rotatable bonds is 9. The molecule has 1 fully saturated rings.